The van der Waals surface area contributed by atoms with Gasteiger partial charge in [-0.05, 0) is 30.0 Å². The average molecular weight is 389 g/mol. The predicted octanol–water partition coefficient (Wildman–Crippen LogP) is 6.13. The normalized spacial score (nSPS) is 11.2. The van der Waals surface area contributed by atoms with E-state index in [4.69, 9.17) is 0 Å². The van der Waals surface area contributed by atoms with Crippen molar-refractivity contribution >= 4 is 28.7 Å². The van der Waals surface area contributed by atoms with Crippen LogP contribution in [0, 0.1) is 21.4 Å². The quantitative estimate of drug-likeness (QED) is 0.277. The number of thiazole rings is 1. The lowest BCUT2D eigenvalue weighted by Crippen LogP contribution is -1.88. The van der Waals surface area contributed by atoms with Gasteiger partial charge in [0.05, 0.1) is 16.2 Å². The zero-order valence-corrected chi connectivity index (χ0v) is 16.3. The second-order valence-electron chi connectivity index (χ2n) is 6.36. The molecule has 0 aliphatic rings. The fourth-order valence-corrected chi connectivity index (χ4v) is 3.58. The van der Waals surface area contributed by atoms with Gasteiger partial charge < -0.3 is 0 Å². The van der Waals surface area contributed by atoms with Gasteiger partial charge in [-0.3, -0.25) is 10.1 Å². The van der Waals surface area contributed by atoms with Crippen LogP contribution < -0.4 is 0 Å². The zero-order valence-electron chi connectivity index (χ0n) is 15.5. The summed E-state index contributed by atoms with van der Waals surface area (Å²) in [4.78, 5) is 15.1. The molecule has 0 spiro atoms. The van der Waals surface area contributed by atoms with Crippen LogP contribution in [0.1, 0.15) is 35.9 Å². The van der Waals surface area contributed by atoms with Crippen LogP contribution in [-0.2, 0) is 6.42 Å². The first-order valence-electron chi connectivity index (χ1n) is 9.02. The number of nitro benzene ring substituents is 1. The van der Waals surface area contributed by atoms with Crippen LogP contribution in [0.2, 0.25) is 0 Å². The van der Waals surface area contributed by atoms with E-state index < -0.39 is 4.92 Å². The number of allylic oxidation sites excluding steroid dienone is 1. The monoisotopic (exact) mass is 389 g/mol. The molecular weight excluding hydrogens is 370 g/mol. The fourth-order valence-electron chi connectivity index (χ4n) is 2.79. The maximum Gasteiger partial charge on any atom is 0.270 e. The van der Waals surface area contributed by atoms with Crippen LogP contribution in [0.25, 0.3) is 22.9 Å². The first kappa shape index (κ1) is 19.5. The Kier molecular flexibility index (Phi) is 6.30. The van der Waals surface area contributed by atoms with E-state index in [2.05, 4.69) is 42.2 Å². The summed E-state index contributed by atoms with van der Waals surface area (Å²) < 4.78 is 0. The van der Waals surface area contributed by atoms with Gasteiger partial charge in [0, 0.05) is 23.1 Å². The van der Waals surface area contributed by atoms with Crippen molar-refractivity contribution in [3.63, 3.8) is 0 Å². The number of hydrogen-bond acceptors (Lipinski definition) is 5. The molecule has 140 valence electrons. The van der Waals surface area contributed by atoms with E-state index in [1.165, 1.54) is 41.9 Å². The molecule has 0 saturated carbocycles. The minimum Gasteiger partial charge on any atom is -0.258 e. The Morgan fingerprint density at radius 2 is 2.07 bits per heavy atom. The largest absolute Gasteiger partial charge is 0.270 e. The summed E-state index contributed by atoms with van der Waals surface area (Å²) >= 11 is 1.39. The molecule has 0 radical (unpaired) electrons. The van der Waals surface area contributed by atoms with Gasteiger partial charge in [-0.25, -0.2) is 4.98 Å². The second-order valence-corrected chi connectivity index (χ2v) is 7.22. The number of nitriles is 1. The van der Waals surface area contributed by atoms with Gasteiger partial charge in [0.1, 0.15) is 11.1 Å². The SMILES string of the molecule is CCCCc1ccc(-c2csc(/C(C#N)=C\c3cccc([N+](=O)[O-])c3)n2)cc1. The topological polar surface area (TPSA) is 79.8 Å². The number of unbranched alkanes of at least 4 members (excludes halogenated alkanes) is 1. The first-order valence-corrected chi connectivity index (χ1v) is 9.90. The Morgan fingerprint density at radius 1 is 1.29 bits per heavy atom. The third-order valence-electron chi connectivity index (χ3n) is 4.32. The summed E-state index contributed by atoms with van der Waals surface area (Å²) in [6, 6.07) is 16.7. The van der Waals surface area contributed by atoms with Crippen LogP contribution in [0.15, 0.2) is 53.9 Å². The van der Waals surface area contributed by atoms with E-state index in [1.807, 2.05) is 5.38 Å². The molecule has 6 heteroatoms. The van der Waals surface area contributed by atoms with E-state index in [-0.39, 0.29) is 5.69 Å². The minimum absolute atomic E-state index is 0.00553. The van der Waals surface area contributed by atoms with Crippen molar-refractivity contribution in [2.45, 2.75) is 26.2 Å². The molecule has 0 atom stereocenters. The second kappa shape index (κ2) is 9.07. The van der Waals surface area contributed by atoms with E-state index in [0.717, 1.165) is 17.7 Å². The van der Waals surface area contributed by atoms with Crippen molar-refractivity contribution in [2.75, 3.05) is 0 Å². The maximum atomic E-state index is 10.9. The minimum atomic E-state index is -0.449. The van der Waals surface area contributed by atoms with E-state index in [9.17, 15) is 15.4 Å². The highest BCUT2D eigenvalue weighted by Crippen LogP contribution is 2.28. The van der Waals surface area contributed by atoms with Gasteiger partial charge in [0.2, 0.25) is 0 Å². The number of nitrogens with zero attached hydrogens (tertiary/aromatic N) is 3. The lowest BCUT2D eigenvalue weighted by atomic mass is 10.1. The molecule has 5 nitrogen and oxygen atoms in total. The zero-order chi connectivity index (χ0) is 19.9. The molecule has 1 aromatic heterocycles. The Labute approximate surface area is 167 Å². The number of aryl methyl sites for hydroxylation is 1. The summed E-state index contributed by atoms with van der Waals surface area (Å²) in [7, 11) is 0. The van der Waals surface area contributed by atoms with Crippen LogP contribution in [0.3, 0.4) is 0 Å². The van der Waals surface area contributed by atoms with Gasteiger partial charge >= 0.3 is 0 Å². The van der Waals surface area contributed by atoms with Crippen molar-refractivity contribution in [1.82, 2.24) is 4.98 Å². The van der Waals surface area contributed by atoms with Gasteiger partial charge in [-0.1, -0.05) is 49.7 Å². The number of benzene rings is 2. The van der Waals surface area contributed by atoms with Gasteiger partial charge in [-0.2, -0.15) is 5.26 Å². The van der Waals surface area contributed by atoms with Crippen LogP contribution in [0.4, 0.5) is 5.69 Å². The molecule has 0 saturated heterocycles. The smallest absolute Gasteiger partial charge is 0.258 e. The Morgan fingerprint density at radius 3 is 2.75 bits per heavy atom. The predicted molar refractivity (Wildman–Crippen MR) is 113 cm³/mol. The molecule has 1 heterocycles. The molecule has 0 aliphatic carbocycles. The van der Waals surface area contributed by atoms with Crippen LogP contribution >= 0.6 is 11.3 Å². The lowest BCUT2D eigenvalue weighted by molar-refractivity contribution is -0.384. The average Bonchev–Trinajstić information content (AvgIpc) is 3.21. The number of rotatable bonds is 7. The van der Waals surface area contributed by atoms with Crippen LogP contribution in [0.5, 0.6) is 0 Å². The third kappa shape index (κ3) is 4.70. The van der Waals surface area contributed by atoms with E-state index in [0.29, 0.717) is 16.1 Å². The van der Waals surface area contributed by atoms with Crippen molar-refractivity contribution < 1.29 is 4.92 Å². The molecule has 3 aromatic rings. The molecule has 0 amide bonds. The summed E-state index contributed by atoms with van der Waals surface area (Å²) in [6.45, 7) is 2.18. The Bertz CT molecular complexity index is 1050. The highest BCUT2D eigenvalue weighted by atomic mass is 32.1. The lowest BCUT2D eigenvalue weighted by Gasteiger charge is -2.01. The van der Waals surface area contributed by atoms with E-state index >= 15 is 0 Å². The molecule has 0 bridgehead atoms. The summed E-state index contributed by atoms with van der Waals surface area (Å²) in [5.74, 6) is 0. The molecule has 3 rings (SSSR count). The van der Waals surface area contributed by atoms with Crippen molar-refractivity contribution in [3.8, 4) is 17.3 Å². The van der Waals surface area contributed by atoms with Crippen molar-refractivity contribution in [1.29, 1.82) is 5.26 Å². The molecule has 0 aliphatic heterocycles. The maximum absolute atomic E-state index is 10.9. The number of hydrogen-bond donors (Lipinski definition) is 0. The third-order valence-corrected chi connectivity index (χ3v) is 5.19. The highest BCUT2D eigenvalue weighted by Gasteiger charge is 2.11. The molecule has 0 fully saturated rings. The number of non-ortho nitro benzene ring substituents is 1. The highest BCUT2D eigenvalue weighted by molar-refractivity contribution is 7.11. The molecule has 28 heavy (non-hydrogen) atoms. The molecule has 0 N–H and O–H groups in total. The molecule has 2 aromatic carbocycles. The van der Waals surface area contributed by atoms with Gasteiger partial charge in [0.15, 0.2) is 0 Å². The Hall–Kier alpha value is -3.30. The fraction of sp³-hybridized carbons (Fsp3) is 0.182. The first-order chi connectivity index (χ1) is 13.6. The number of aromatic nitrogens is 1. The number of nitro groups is 1. The summed E-state index contributed by atoms with van der Waals surface area (Å²) in [5.41, 5.74) is 4.12. The molecular formula is C22H19N3O2S. The van der Waals surface area contributed by atoms with Crippen molar-refractivity contribution in [3.05, 3.63) is 80.2 Å². The standard InChI is InChI=1S/C22H19N3O2S/c1-2-3-5-16-8-10-18(11-9-16)21-15-28-22(24-21)19(14-23)12-17-6-4-7-20(13-17)25(26)27/h4,6-13,15H,2-3,5H2,1H3/b19-12-. The molecule has 0 unspecified atom stereocenters. The summed E-state index contributed by atoms with van der Waals surface area (Å²) in [6.07, 6.45) is 5.05. The van der Waals surface area contributed by atoms with Crippen LogP contribution in [-0.4, -0.2) is 9.91 Å². The summed E-state index contributed by atoms with van der Waals surface area (Å²) in [5, 5.41) is 23.0. The van der Waals surface area contributed by atoms with Gasteiger partial charge in [0.25, 0.3) is 5.69 Å². The van der Waals surface area contributed by atoms with Crippen molar-refractivity contribution in [2.24, 2.45) is 0 Å². The van der Waals surface area contributed by atoms with E-state index in [1.54, 1.807) is 18.2 Å². The van der Waals surface area contributed by atoms with Gasteiger partial charge in [-0.15, -0.1) is 11.3 Å². The Balaban J connectivity index is 1.84.